The van der Waals surface area contributed by atoms with E-state index < -0.39 is 0 Å². The molecule has 0 unspecified atom stereocenters. The summed E-state index contributed by atoms with van der Waals surface area (Å²) in [5.41, 5.74) is 11.3. The van der Waals surface area contributed by atoms with Crippen LogP contribution in [-0.2, 0) is 0 Å². The lowest BCUT2D eigenvalue weighted by Gasteiger charge is -2.12. The van der Waals surface area contributed by atoms with Gasteiger partial charge in [-0.15, -0.1) is 11.3 Å². The van der Waals surface area contributed by atoms with Crippen LogP contribution in [-0.4, -0.2) is 9.13 Å². The zero-order valence-corrected chi connectivity index (χ0v) is 30.8. The van der Waals surface area contributed by atoms with Gasteiger partial charge in [0.05, 0.1) is 27.8 Å². The molecular formula is C52H30N2OS. The summed E-state index contributed by atoms with van der Waals surface area (Å²) >= 11 is 1.83. The largest absolute Gasteiger partial charge is 0.456 e. The van der Waals surface area contributed by atoms with Crippen LogP contribution in [0, 0.1) is 0 Å². The molecule has 0 saturated carbocycles. The van der Waals surface area contributed by atoms with Crippen molar-refractivity contribution in [2.75, 3.05) is 0 Å². The normalized spacial score (nSPS) is 12.3. The summed E-state index contributed by atoms with van der Waals surface area (Å²) in [6, 6.07) is 66.6. The maximum absolute atomic E-state index is 6.60. The Balaban J connectivity index is 0.968. The Hall–Kier alpha value is -7.14. The summed E-state index contributed by atoms with van der Waals surface area (Å²) in [5, 5.41) is 12.3. The first kappa shape index (κ1) is 30.2. The summed E-state index contributed by atoms with van der Waals surface area (Å²) in [6.07, 6.45) is 0. The van der Waals surface area contributed by atoms with Crippen molar-refractivity contribution in [1.29, 1.82) is 0 Å². The van der Waals surface area contributed by atoms with Crippen LogP contribution in [0.2, 0.25) is 0 Å². The number of furan rings is 1. The number of aromatic nitrogens is 2. The molecular weight excluding hydrogens is 701 g/mol. The van der Waals surface area contributed by atoms with E-state index >= 15 is 0 Å². The molecule has 0 atom stereocenters. The van der Waals surface area contributed by atoms with Crippen molar-refractivity contribution in [1.82, 2.24) is 9.13 Å². The second-order valence-corrected chi connectivity index (χ2v) is 16.0. The molecule has 0 fully saturated rings. The Labute approximate surface area is 324 Å². The monoisotopic (exact) mass is 730 g/mol. The van der Waals surface area contributed by atoms with E-state index in [1.54, 1.807) is 0 Å². The van der Waals surface area contributed by atoms with Gasteiger partial charge in [-0.2, -0.15) is 0 Å². The van der Waals surface area contributed by atoms with E-state index in [1.165, 1.54) is 91.4 Å². The highest BCUT2D eigenvalue weighted by molar-refractivity contribution is 7.25. The number of thiophene rings is 1. The molecule has 4 aromatic heterocycles. The highest BCUT2D eigenvalue weighted by Gasteiger charge is 2.18. The lowest BCUT2D eigenvalue weighted by Crippen LogP contribution is -1.95. The first-order valence-electron chi connectivity index (χ1n) is 19.1. The molecule has 0 bridgehead atoms. The topological polar surface area (TPSA) is 23.0 Å². The number of para-hydroxylation sites is 2. The Morgan fingerprint density at radius 2 is 0.946 bits per heavy atom. The minimum absolute atomic E-state index is 0.901. The predicted octanol–water partition coefficient (Wildman–Crippen LogP) is 15.0. The molecule has 0 amide bonds. The van der Waals surface area contributed by atoms with Gasteiger partial charge in [0.1, 0.15) is 11.2 Å². The first-order valence-corrected chi connectivity index (χ1v) is 19.9. The lowest BCUT2D eigenvalue weighted by atomic mass is 10.0. The number of hydrogen-bond donors (Lipinski definition) is 0. The Morgan fingerprint density at radius 1 is 0.339 bits per heavy atom. The van der Waals surface area contributed by atoms with Crippen LogP contribution in [0.3, 0.4) is 0 Å². The van der Waals surface area contributed by atoms with Crippen molar-refractivity contribution < 1.29 is 4.42 Å². The molecule has 4 heterocycles. The average Bonchev–Trinajstić information content (AvgIpc) is 3.99. The molecule has 4 heteroatoms. The van der Waals surface area contributed by atoms with E-state index in [-0.39, 0.29) is 0 Å². The Bertz CT molecular complexity index is 3770. The van der Waals surface area contributed by atoms with Crippen LogP contribution in [0.5, 0.6) is 0 Å². The number of nitrogens with zero attached hydrogens (tertiary/aromatic N) is 2. The predicted molar refractivity (Wildman–Crippen MR) is 238 cm³/mol. The molecule has 0 aliphatic heterocycles. The van der Waals surface area contributed by atoms with Gasteiger partial charge in [0, 0.05) is 69.6 Å². The Kier molecular flexibility index (Phi) is 6.04. The zero-order valence-electron chi connectivity index (χ0n) is 30.0. The average molecular weight is 731 g/mol. The van der Waals surface area contributed by atoms with Gasteiger partial charge in [-0.1, -0.05) is 103 Å². The van der Waals surface area contributed by atoms with Crippen molar-refractivity contribution in [3.05, 3.63) is 182 Å². The smallest absolute Gasteiger partial charge is 0.137 e. The fourth-order valence-corrected chi connectivity index (χ4v) is 10.5. The molecule has 0 N–H and O–H groups in total. The molecule has 13 aromatic rings. The standard InChI is InChI=1S/C52H30N2OS/c1-2-12-35-31(10-1)11-9-18-44(35)54-46-17-7-4-14-37(46)41-27-33(21-25-48(41)54)32-20-24-47-40(26-32)36-13-3-6-16-45(36)53(47)34-22-23-38-42-29-43-39-15-5-8-19-51(39)56-52(43)30-50(42)55-49(38)28-34/h1-30H. The van der Waals surface area contributed by atoms with Crippen molar-refractivity contribution in [2.45, 2.75) is 0 Å². The molecule has 0 radical (unpaired) electrons. The molecule has 0 spiro atoms. The number of hydrogen-bond acceptors (Lipinski definition) is 2. The fourth-order valence-electron chi connectivity index (χ4n) is 9.37. The molecule has 9 aromatic carbocycles. The molecule has 56 heavy (non-hydrogen) atoms. The SMILES string of the molecule is c1ccc2c(-n3c4ccccc4c4cc(-c5ccc6c(c5)c5ccccc5n6-c5ccc6c(c5)oc5cc7sc8ccccc8c7cc56)ccc43)cccc2c1. The molecule has 13 rings (SSSR count). The van der Waals surface area contributed by atoms with Crippen LogP contribution in [0.4, 0.5) is 0 Å². The van der Waals surface area contributed by atoms with Gasteiger partial charge in [-0.25, -0.2) is 0 Å². The minimum Gasteiger partial charge on any atom is -0.456 e. The second-order valence-electron chi connectivity index (χ2n) is 14.9. The first-order chi connectivity index (χ1) is 27.7. The lowest BCUT2D eigenvalue weighted by molar-refractivity contribution is 0.669. The minimum atomic E-state index is 0.901. The van der Waals surface area contributed by atoms with E-state index in [2.05, 4.69) is 191 Å². The van der Waals surface area contributed by atoms with Crippen LogP contribution < -0.4 is 0 Å². The van der Waals surface area contributed by atoms with Crippen LogP contribution in [0.15, 0.2) is 186 Å². The number of fused-ring (bicyclic) bond motifs is 13. The van der Waals surface area contributed by atoms with Crippen LogP contribution in [0.1, 0.15) is 0 Å². The zero-order chi connectivity index (χ0) is 36.5. The summed E-state index contributed by atoms with van der Waals surface area (Å²) < 4.78 is 14.0. The van der Waals surface area contributed by atoms with Crippen molar-refractivity contribution in [3.63, 3.8) is 0 Å². The van der Waals surface area contributed by atoms with Gasteiger partial charge in [-0.3, -0.25) is 0 Å². The van der Waals surface area contributed by atoms with Crippen LogP contribution in [0.25, 0.3) is 119 Å². The fraction of sp³-hybridized carbons (Fsp3) is 0. The van der Waals surface area contributed by atoms with Crippen LogP contribution >= 0.6 is 11.3 Å². The van der Waals surface area contributed by atoms with E-state index in [9.17, 15) is 0 Å². The quantitative estimate of drug-likeness (QED) is 0.177. The highest BCUT2D eigenvalue weighted by Crippen LogP contribution is 2.42. The van der Waals surface area contributed by atoms with Crippen molar-refractivity contribution in [2.24, 2.45) is 0 Å². The second kappa shape index (κ2) is 11.2. The summed E-state index contributed by atoms with van der Waals surface area (Å²) in [5.74, 6) is 0. The van der Waals surface area contributed by atoms with Gasteiger partial charge in [0.2, 0.25) is 0 Å². The third-order valence-corrected chi connectivity index (χ3v) is 13.0. The van der Waals surface area contributed by atoms with E-state index in [1.807, 2.05) is 11.3 Å². The third-order valence-electron chi connectivity index (χ3n) is 11.9. The molecule has 0 aliphatic carbocycles. The van der Waals surface area contributed by atoms with Gasteiger partial charge >= 0.3 is 0 Å². The van der Waals surface area contributed by atoms with Gasteiger partial charge in [0.25, 0.3) is 0 Å². The molecule has 260 valence electrons. The molecule has 0 aliphatic rings. The van der Waals surface area contributed by atoms with E-state index in [0.717, 1.165) is 27.6 Å². The van der Waals surface area contributed by atoms with Gasteiger partial charge < -0.3 is 13.6 Å². The maximum Gasteiger partial charge on any atom is 0.137 e. The number of rotatable bonds is 3. The molecule has 3 nitrogen and oxygen atoms in total. The molecule has 0 saturated heterocycles. The van der Waals surface area contributed by atoms with Crippen molar-refractivity contribution >= 4 is 108 Å². The maximum atomic E-state index is 6.60. The highest BCUT2D eigenvalue weighted by atomic mass is 32.1. The Morgan fingerprint density at radius 3 is 1.73 bits per heavy atom. The van der Waals surface area contributed by atoms with Crippen molar-refractivity contribution in [3.8, 4) is 22.5 Å². The van der Waals surface area contributed by atoms with E-state index in [0.29, 0.717) is 0 Å². The number of benzene rings is 9. The summed E-state index contributed by atoms with van der Waals surface area (Å²) in [7, 11) is 0. The van der Waals surface area contributed by atoms with E-state index in [4.69, 9.17) is 4.42 Å². The summed E-state index contributed by atoms with van der Waals surface area (Å²) in [4.78, 5) is 0. The third kappa shape index (κ3) is 4.16. The van der Waals surface area contributed by atoms with Gasteiger partial charge in [0.15, 0.2) is 0 Å². The summed E-state index contributed by atoms with van der Waals surface area (Å²) in [6.45, 7) is 0. The van der Waals surface area contributed by atoms with Gasteiger partial charge in [-0.05, 0) is 89.3 Å².